The molecular weight excluding hydrogens is 324 g/mol. The predicted molar refractivity (Wildman–Crippen MR) is 78.5 cm³/mol. The number of carbonyl (C=O) groups excluding carboxylic acids is 1. The van der Waals surface area contributed by atoms with Crippen molar-refractivity contribution in [2.45, 2.75) is 25.4 Å². The molecule has 1 N–H and O–H groups in total. The quantitative estimate of drug-likeness (QED) is 0.829. The second-order valence-corrected chi connectivity index (χ2v) is 5.72. The molecule has 0 saturated carbocycles. The number of ether oxygens (including phenoxy) is 1. The van der Waals surface area contributed by atoms with Gasteiger partial charge in [-0.15, -0.1) is 0 Å². The number of hydrogen-bond acceptors (Lipinski definition) is 4. The molecule has 20 heavy (non-hydrogen) atoms. The van der Waals surface area contributed by atoms with E-state index in [1.807, 2.05) is 11.0 Å². The smallest absolute Gasteiger partial charge is 0.272 e. The molecule has 6 heteroatoms. The minimum atomic E-state index is -0.0219. The molecule has 1 aliphatic rings. The fourth-order valence-electron chi connectivity index (χ4n) is 2.20. The molecule has 0 unspecified atom stereocenters. The highest BCUT2D eigenvalue weighted by Crippen LogP contribution is 2.16. The Balaban J connectivity index is 1.81. The summed E-state index contributed by atoms with van der Waals surface area (Å²) in [6, 6.07) is 3.56. The molecule has 1 aliphatic heterocycles. The van der Waals surface area contributed by atoms with Crippen LogP contribution in [-0.2, 0) is 4.74 Å². The fraction of sp³-hybridized carbons (Fsp3) is 0.571. The van der Waals surface area contributed by atoms with Gasteiger partial charge in [0.05, 0.1) is 6.10 Å². The van der Waals surface area contributed by atoms with Gasteiger partial charge in [-0.2, -0.15) is 0 Å². The van der Waals surface area contributed by atoms with Gasteiger partial charge < -0.3 is 14.7 Å². The molecule has 1 aromatic rings. The molecule has 0 bridgehead atoms. The number of rotatable bonds is 5. The molecule has 2 rings (SSSR count). The molecule has 2 heterocycles. The maximum absolute atomic E-state index is 12.3. The van der Waals surface area contributed by atoms with Crippen molar-refractivity contribution in [3.05, 3.63) is 28.5 Å². The van der Waals surface area contributed by atoms with Crippen LogP contribution in [0.3, 0.4) is 0 Å². The zero-order valence-electron chi connectivity index (χ0n) is 11.3. The lowest BCUT2D eigenvalue weighted by Gasteiger charge is -2.31. The summed E-state index contributed by atoms with van der Waals surface area (Å²) in [6.45, 7) is 2.14. The summed E-state index contributed by atoms with van der Waals surface area (Å²) in [4.78, 5) is 18.2. The molecule has 0 atom stereocenters. The third-order valence-corrected chi connectivity index (χ3v) is 3.80. The van der Waals surface area contributed by atoms with Crippen molar-refractivity contribution in [2.24, 2.45) is 0 Å². The predicted octanol–water partition coefficient (Wildman–Crippen LogP) is 1.85. The molecule has 0 radical (unpaired) electrons. The van der Waals surface area contributed by atoms with Gasteiger partial charge in [-0.05, 0) is 47.3 Å². The van der Waals surface area contributed by atoms with E-state index in [-0.39, 0.29) is 18.6 Å². The maximum atomic E-state index is 12.3. The zero-order valence-corrected chi connectivity index (χ0v) is 12.9. The number of piperidine rings is 1. The highest BCUT2D eigenvalue weighted by atomic mass is 79.9. The van der Waals surface area contributed by atoms with Crippen LogP contribution in [0.2, 0.25) is 0 Å². The third kappa shape index (κ3) is 4.26. The Morgan fingerprint density at radius 3 is 2.80 bits per heavy atom. The largest absolute Gasteiger partial charge is 0.396 e. The zero-order chi connectivity index (χ0) is 14.4. The third-order valence-electron chi connectivity index (χ3n) is 3.33. The minimum Gasteiger partial charge on any atom is -0.396 e. The van der Waals surface area contributed by atoms with Gasteiger partial charge in [-0.1, -0.05) is 0 Å². The van der Waals surface area contributed by atoms with E-state index in [1.54, 1.807) is 12.3 Å². The first kappa shape index (κ1) is 15.4. The van der Waals surface area contributed by atoms with Crippen molar-refractivity contribution in [1.29, 1.82) is 0 Å². The normalized spacial score (nSPS) is 16.4. The van der Waals surface area contributed by atoms with Crippen LogP contribution in [0.1, 0.15) is 29.8 Å². The molecule has 1 saturated heterocycles. The first-order valence-electron chi connectivity index (χ1n) is 6.84. The standard InChI is InChI=1S/C14H19BrN2O3/c15-11-2-3-13(16-10-11)14(19)17-6-4-12(5-7-17)20-9-1-8-18/h2-3,10,12,18H,1,4-9H2. The lowest BCUT2D eigenvalue weighted by atomic mass is 10.1. The Bertz CT molecular complexity index is 431. The number of aliphatic hydroxyl groups excluding tert-OH is 1. The Morgan fingerprint density at radius 2 is 2.20 bits per heavy atom. The molecule has 1 amide bonds. The Morgan fingerprint density at radius 1 is 1.45 bits per heavy atom. The summed E-state index contributed by atoms with van der Waals surface area (Å²) in [5.41, 5.74) is 0.479. The second-order valence-electron chi connectivity index (χ2n) is 4.80. The van der Waals surface area contributed by atoms with Crippen LogP contribution in [0.5, 0.6) is 0 Å². The van der Waals surface area contributed by atoms with E-state index in [0.717, 1.165) is 17.3 Å². The van der Waals surface area contributed by atoms with E-state index in [0.29, 0.717) is 31.8 Å². The Labute approximate surface area is 127 Å². The molecule has 0 aliphatic carbocycles. The van der Waals surface area contributed by atoms with Gasteiger partial charge in [0.25, 0.3) is 5.91 Å². The maximum Gasteiger partial charge on any atom is 0.272 e. The first-order chi connectivity index (χ1) is 9.70. The SMILES string of the molecule is O=C(c1ccc(Br)cn1)N1CCC(OCCCO)CC1. The minimum absolute atomic E-state index is 0.0219. The number of carbonyl (C=O) groups is 1. The van der Waals surface area contributed by atoms with Crippen molar-refractivity contribution < 1.29 is 14.6 Å². The number of amides is 1. The van der Waals surface area contributed by atoms with E-state index in [4.69, 9.17) is 9.84 Å². The van der Waals surface area contributed by atoms with Crippen molar-refractivity contribution in [1.82, 2.24) is 9.88 Å². The molecule has 0 aromatic carbocycles. The molecule has 110 valence electrons. The number of aliphatic hydroxyl groups is 1. The molecule has 1 fully saturated rings. The number of likely N-dealkylation sites (tertiary alicyclic amines) is 1. The number of pyridine rings is 1. The fourth-order valence-corrected chi connectivity index (χ4v) is 2.44. The number of aromatic nitrogens is 1. The van der Waals surface area contributed by atoms with E-state index in [2.05, 4.69) is 20.9 Å². The summed E-state index contributed by atoms with van der Waals surface area (Å²) in [5, 5.41) is 8.71. The summed E-state index contributed by atoms with van der Waals surface area (Å²) < 4.78 is 6.52. The van der Waals surface area contributed by atoms with Crippen LogP contribution in [0.4, 0.5) is 0 Å². The van der Waals surface area contributed by atoms with Crippen LogP contribution < -0.4 is 0 Å². The highest BCUT2D eigenvalue weighted by molar-refractivity contribution is 9.10. The van der Waals surface area contributed by atoms with Crippen LogP contribution in [-0.4, -0.2) is 53.3 Å². The van der Waals surface area contributed by atoms with Crippen molar-refractivity contribution in [3.8, 4) is 0 Å². The summed E-state index contributed by atoms with van der Waals surface area (Å²) >= 11 is 3.31. The monoisotopic (exact) mass is 342 g/mol. The lowest BCUT2D eigenvalue weighted by Crippen LogP contribution is -2.41. The van der Waals surface area contributed by atoms with Gasteiger partial charge >= 0.3 is 0 Å². The first-order valence-corrected chi connectivity index (χ1v) is 7.63. The molecule has 1 aromatic heterocycles. The number of halogens is 1. The highest BCUT2D eigenvalue weighted by Gasteiger charge is 2.24. The van der Waals surface area contributed by atoms with Gasteiger partial charge in [0.2, 0.25) is 0 Å². The summed E-state index contributed by atoms with van der Waals surface area (Å²) in [6.07, 6.45) is 4.19. The van der Waals surface area contributed by atoms with Crippen LogP contribution in [0.15, 0.2) is 22.8 Å². The summed E-state index contributed by atoms with van der Waals surface area (Å²) in [7, 11) is 0. The van der Waals surface area contributed by atoms with E-state index in [9.17, 15) is 4.79 Å². The number of nitrogens with zero attached hydrogens (tertiary/aromatic N) is 2. The van der Waals surface area contributed by atoms with Crippen molar-refractivity contribution >= 4 is 21.8 Å². The molecule has 5 nitrogen and oxygen atoms in total. The Hall–Kier alpha value is -0.980. The van der Waals surface area contributed by atoms with Gasteiger partial charge in [0.1, 0.15) is 5.69 Å². The molecule has 0 spiro atoms. The second kappa shape index (κ2) is 7.71. The van der Waals surface area contributed by atoms with Gasteiger partial charge in [-0.3, -0.25) is 4.79 Å². The van der Waals surface area contributed by atoms with Crippen LogP contribution in [0, 0.1) is 0 Å². The van der Waals surface area contributed by atoms with Gasteiger partial charge in [-0.25, -0.2) is 4.98 Å². The molecular formula is C14H19BrN2O3. The Kier molecular flexibility index (Phi) is 5.94. The van der Waals surface area contributed by atoms with E-state index in [1.165, 1.54) is 0 Å². The lowest BCUT2D eigenvalue weighted by molar-refractivity contribution is 0.00384. The van der Waals surface area contributed by atoms with Crippen molar-refractivity contribution in [2.75, 3.05) is 26.3 Å². The summed E-state index contributed by atoms with van der Waals surface area (Å²) in [5.74, 6) is -0.0219. The van der Waals surface area contributed by atoms with Crippen LogP contribution in [0.25, 0.3) is 0 Å². The van der Waals surface area contributed by atoms with Gasteiger partial charge in [0.15, 0.2) is 0 Å². The van der Waals surface area contributed by atoms with Gasteiger partial charge in [0, 0.05) is 37.0 Å². The number of hydrogen-bond donors (Lipinski definition) is 1. The van der Waals surface area contributed by atoms with Crippen LogP contribution >= 0.6 is 15.9 Å². The average molecular weight is 343 g/mol. The topological polar surface area (TPSA) is 62.7 Å². The van der Waals surface area contributed by atoms with E-state index < -0.39 is 0 Å². The average Bonchev–Trinajstić information content (AvgIpc) is 2.48. The van der Waals surface area contributed by atoms with E-state index >= 15 is 0 Å². The van der Waals surface area contributed by atoms with Crippen molar-refractivity contribution in [3.63, 3.8) is 0 Å².